The van der Waals surface area contributed by atoms with E-state index in [9.17, 15) is 0 Å². The first-order valence-electron chi connectivity index (χ1n) is 3.92. The van der Waals surface area contributed by atoms with Crippen LogP contribution in [0, 0.1) is 0 Å². The van der Waals surface area contributed by atoms with E-state index in [0.717, 1.165) is 0 Å². The summed E-state index contributed by atoms with van der Waals surface area (Å²) in [7, 11) is 0. The van der Waals surface area contributed by atoms with Crippen molar-refractivity contribution >= 4 is 34.8 Å². The second-order valence-electron chi connectivity index (χ2n) is 2.64. The largest absolute Gasteiger partial charge is 0.449 e. The predicted molar refractivity (Wildman–Crippen MR) is 56.4 cm³/mol. The van der Waals surface area contributed by atoms with Crippen molar-refractivity contribution in [2.75, 3.05) is 0 Å². The van der Waals surface area contributed by atoms with E-state index < -0.39 is 0 Å². The third kappa shape index (κ3) is 2.40. The Labute approximate surface area is 100 Å². The number of halogens is 3. The molecule has 0 bridgehead atoms. The van der Waals surface area contributed by atoms with Crippen molar-refractivity contribution in [3.63, 3.8) is 0 Å². The number of hydrogen-bond acceptors (Lipinski definition) is 4. The van der Waals surface area contributed by atoms with E-state index >= 15 is 0 Å². The molecule has 0 aliphatic heterocycles. The van der Waals surface area contributed by atoms with Gasteiger partial charge in [0.05, 0.1) is 12.6 Å². The van der Waals surface area contributed by atoms with Gasteiger partial charge < -0.3 is 4.42 Å². The number of oxazole rings is 1. The summed E-state index contributed by atoms with van der Waals surface area (Å²) in [5.74, 6) is 0.904. The standard InChI is InChI=1S/C8H4Cl3N3O/c9-6-7(10)13-4(14-8(6)11)3-5-12-1-2-15-5/h1-2H,3H2. The second-order valence-corrected chi connectivity index (χ2v) is 3.73. The fourth-order valence-electron chi connectivity index (χ4n) is 0.989. The van der Waals surface area contributed by atoms with E-state index in [1.807, 2.05) is 0 Å². The van der Waals surface area contributed by atoms with Crippen LogP contribution in [0.15, 0.2) is 16.9 Å². The molecule has 0 N–H and O–H groups in total. The molecule has 0 aliphatic rings. The molecule has 0 amide bonds. The van der Waals surface area contributed by atoms with Gasteiger partial charge in [-0.1, -0.05) is 34.8 Å². The van der Waals surface area contributed by atoms with Crippen LogP contribution in [-0.4, -0.2) is 15.0 Å². The first kappa shape index (κ1) is 10.7. The minimum Gasteiger partial charge on any atom is -0.449 e. The van der Waals surface area contributed by atoms with Crippen LogP contribution in [0.3, 0.4) is 0 Å². The van der Waals surface area contributed by atoms with Crippen LogP contribution in [0.4, 0.5) is 0 Å². The highest BCUT2D eigenvalue weighted by molar-refractivity contribution is 6.46. The highest BCUT2D eigenvalue weighted by atomic mass is 35.5. The third-order valence-electron chi connectivity index (χ3n) is 1.61. The molecule has 0 unspecified atom stereocenters. The van der Waals surface area contributed by atoms with Crippen LogP contribution in [0.5, 0.6) is 0 Å². The molecule has 2 heterocycles. The lowest BCUT2D eigenvalue weighted by atomic mass is 10.4. The molecule has 15 heavy (non-hydrogen) atoms. The Hall–Kier alpha value is -0.840. The Bertz CT molecular complexity index is 449. The zero-order chi connectivity index (χ0) is 10.8. The van der Waals surface area contributed by atoms with Gasteiger partial charge >= 0.3 is 0 Å². The average molecular weight is 264 g/mol. The van der Waals surface area contributed by atoms with E-state index in [1.54, 1.807) is 0 Å². The van der Waals surface area contributed by atoms with Gasteiger partial charge in [-0.3, -0.25) is 0 Å². The van der Waals surface area contributed by atoms with E-state index in [1.165, 1.54) is 12.5 Å². The Morgan fingerprint density at radius 1 is 1.13 bits per heavy atom. The smallest absolute Gasteiger partial charge is 0.201 e. The van der Waals surface area contributed by atoms with Crippen molar-refractivity contribution in [1.82, 2.24) is 15.0 Å². The van der Waals surface area contributed by atoms with Crippen LogP contribution >= 0.6 is 34.8 Å². The van der Waals surface area contributed by atoms with E-state index in [2.05, 4.69) is 15.0 Å². The van der Waals surface area contributed by atoms with Crippen LogP contribution in [-0.2, 0) is 6.42 Å². The maximum atomic E-state index is 5.74. The monoisotopic (exact) mass is 263 g/mol. The van der Waals surface area contributed by atoms with Gasteiger partial charge in [-0.15, -0.1) is 0 Å². The summed E-state index contributed by atoms with van der Waals surface area (Å²) < 4.78 is 5.04. The molecule has 0 atom stereocenters. The molecule has 78 valence electrons. The first-order valence-corrected chi connectivity index (χ1v) is 5.06. The topological polar surface area (TPSA) is 51.8 Å². The molecule has 2 aromatic heterocycles. The number of hydrogen-bond donors (Lipinski definition) is 0. The van der Waals surface area contributed by atoms with Crippen LogP contribution in [0.2, 0.25) is 15.3 Å². The minimum atomic E-state index is 0.123. The van der Waals surface area contributed by atoms with Gasteiger partial charge in [0.2, 0.25) is 5.89 Å². The molecule has 0 aliphatic carbocycles. The molecule has 2 aromatic rings. The number of rotatable bonds is 2. The van der Waals surface area contributed by atoms with Crippen molar-refractivity contribution in [2.24, 2.45) is 0 Å². The SMILES string of the molecule is Clc1nc(Cc2ncco2)nc(Cl)c1Cl. The zero-order valence-electron chi connectivity index (χ0n) is 7.25. The molecule has 7 heteroatoms. The second kappa shape index (κ2) is 4.35. The molecule has 2 rings (SSSR count). The molecule has 0 spiro atoms. The predicted octanol–water partition coefficient (Wildman–Crippen LogP) is 3.02. The Morgan fingerprint density at radius 3 is 2.33 bits per heavy atom. The highest BCUT2D eigenvalue weighted by Crippen LogP contribution is 2.26. The molecule has 0 saturated heterocycles. The minimum absolute atomic E-state index is 0.123. The molecular weight excluding hydrogens is 260 g/mol. The summed E-state index contributed by atoms with van der Waals surface area (Å²) in [5, 5.41) is 0.394. The lowest BCUT2D eigenvalue weighted by molar-refractivity contribution is 0.503. The lowest BCUT2D eigenvalue weighted by Crippen LogP contribution is -1.98. The normalized spacial score (nSPS) is 10.6. The van der Waals surface area contributed by atoms with Crippen molar-refractivity contribution in [3.8, 4) is 0 Å². The Morgan fingerprint density at radius 2 is 1.80 bits per heavy atom. The fourth-order valence-corrected chi connectivity index (χ4v) is 1.50. The van der Waals surface area contributed by atoms with E-state index in [-0.39, 0.29) is 15.3 Å². The van der Waals surface area contributed by atoms with Gasteiger partial charge in [0.25, 0.3) is 0 Å². The first-order chi connectivity index (χ1) is 7.16. The molecule has 0 saturated carbocycles. The average Bonchev–Trinajstić information content (AvgIpc) is 2.66. The maximum Gasteiger partial charge on any atom is 0.201 e. The van der Waals surface area contributed by atoms with Gasteiger partial charge in [-0.25, -0.2) is 15.0 Å². The van der Waals surface area contributed by atoms with Crippen molar-refractivity contribution in [2.45, 2.75) is 6.42 Å². The quantitative estimate of drug-likeness (QED) is 0.782. The zero-order valence-corrected chi connectivity index (χ0v) is 9.51. The van der Waals surface area contributed by atoms with Crippen molar-refractivity contribution in [1.29, 1.82) is 0 Å². The van der Waals surface area contributed by atoms with Crippen molar-refractivity contribution < 1.29 is 4.42 Å². The van der Waals surface area contributed by atoms with Gasteiger partial charge in [-0.2, -0.15) is 0 Å². The van der Waals surface area contributed by atoms with Gasteiger partial charge in [0.15, 0.2) is 10.3 Å². The number of aromatic nitrogens is 3. The van der Waals surface area contributed by atoms with Gasteiger partial charge in [0.1, 0.15) is 17.1 Å². The molecule has 0 radical (unpaired) electrons. The molecule has 0 aromatic carbocycles. The maximum absolute atomic E-state index is 5.74. The molecule has 0 fully saturated rings. The summed E-state index contributed by atoms with van der Waals surface area (Å²) in [4.78, 5) is 11.8. The van der Waals surface area contributed by atoms with Crippen LogP contribution < -0.4 is 0 Å². The van der Waals surface area contributed by atoms with E-state index in [0.29, 0.717) is 18.1 Å². The lowest BCUT2D eigenvalue weighted by Gasteiger charge is -2.00. The van der Waals surface area contributed by atoms with Crippen LogP contribution in [0.1, 0.15) is 11.7 Å². The summed E-state index contributed by atoms with van der Waals surface area (Å²) in [5.41, 5.74) is 0. The van der Waals surface area contributed by atoms with Gasteiger partial charge in [-0.05, 0) is 0 Å². The summed E-state index contributed by atoms with van der Waals surface area (Å²) in [6, 6.07) is 0. The molecular formula is C8H4Cl3N3O. The number of nitrogens with zero attached hydrogens (tertiary/aromatic N) is 3. The Kier molecular flexibility index (Phi) is 3.09. The summed E-state index contributed by atoms with van der Waals surface area (Å²) in [6.07, 6.45) is 3.33. The highest BCUT2D eigenvalue weighted by Gasteiger charge is 2.11. The Balaban J connectivity index is 2.30. The van der Waals surface area contributed by atoms with E-state index in [4.69, 9.17) is 39.2 Å². The van der Waals surface area contributed by atoms with Gasteiger partial charge in [0, 0.05) is 0 Å². The fraction of sp³-hybridized carbons (Fsp3) is 0.125. The van der Waals surface area contributed by atoms with Crippen molar-refractivity contribution in [3.05, 3.63) is 39.5 Å². The summed E-state index contributed by atoms with van der Waals surface area (Å²) >= 11 is 17.2. The summed E-state index contributed by atoms with van der Waals surface area (Å²) in [6.45, 7) is 0. The third-order valence-corrected chi connectivity index (χ3v) is 2.71. The molecule has 4 nitrogen and oxygen atoms in total. The van der Waals surface area contributed by atoms with Crippen LogP contribution in [0.25, 0.3) is 0 Å².